The maximum Gasteiger partial charge on any atom is 0.573 e. The van der Waals surface area contributed by atoms with Gasteiger partial charge in [-0.25, -0.2) is 0 Å². The molecule has 0 aliphatic rings. The molecule has 0 radical (unpaired) electrons. The van der Waals surface area contributed by atoms with Crippen LogP contribution in [0.25, 0.3) is 0 Å². The number of hydrogen-bond acceptors (Lipinski definition) is 2. The van der Waals surface area contributed by atoms with Gasteiger partial charge in [0.1, 0.15) is 5.75 Å². The van der Waals surface area contributed by atoms with E-state index in [1.54, 1.807) is 6.92 Å². The Morgan fingerprint density at radius 2 is 1.77 bits per heavy atom. The van der Waals surface area contributed by atoms with Crippen molar-refractivity contribution in [2.45, 2.75) is 19.2 Å². The number of amides is 1. The molecular weight excluding hydrogens is 295 g/mol. The molecule has 1 N–H and O–H groups in total. The Labute approximate surface area is 125 Å². The van der Waals surface area contributed by atoms with Gasteiger partial charge in [0, 0.05) is 11.8 Å². The molecule has 116 valence electrons. The number of alkyl halides is 3. The van der Waals surface area contributed by atoms with Crippen LogP contribution in [-0.2, 0) is 4.79 Å². The fourth-order valence-corrected chi connectivity index (χ4v) is 1.91. The van der Waals surface area contributed by atoms with Crippen molar-refractivity contribution in [1.82, 2.24) is 0 Å². The second-order valence-corrected chi connectivity index (χ2v) is 4.70. The van der Waals surface area contributed by atoms with E-state index in [0.29, 0.717) is 0 Å². The van der Waals surface area contributed by atoms with Gasteiger partial charge in [0.05, 0.1) is 5.92 Å². The summed E-state index contributed by atoms with van der Waals surface area (Å²) in [5.41, 5.74) is 1.07. The summed E-state index contributed by atoms with van der Waals surface area (Å²) in [5, 5.41) is 2.58. The molecule has 0 aliphatic carbocycles. The minimum absolute atomic E-state index is 0.245. The summed E-state index contributed by atoms with van der Waals surface area (Å²) in [4.78, 5) is 12.1. The molecule has 2 rings (SSSR count). The van der Waals surface area contributed by atoms with Crippen LogP contribution in [0.2, 0.25) is 0 Å². The molecular formula is C16H14F3NO2. The van der Waals surface area contributed by atoms with Gasteiger partial charge in [-0.1, -0.05) is 36.4 Å². The zero-order valence-electron chi connectivity index (χ0n) is 11.7. The minimum Gasteiger partial charge on any atom is -0.406 e. The van der Waals surface area contributed by atoms with E-state index >= 15 is 0 Å². The largest absolute Gasteiger partial charge is 0.573 e. The lowest BCUT2D eigenvalue weighted by Gasteiger charge is -2.14. The number of anilines is 1. The topological polar surface area (TPSA) is 38.3 Å². The number of rotatable bonds is 4. The predicted octanol–water partition coefficient (Wildman–Crippen LogP) is 4.33. The fraction of sp³-hybridized carbons (Fsp3) is 0.188. The second-order valence-electron chi connectivity index (χ2n) is 4.70. The molecule has 2 aromatic rings. The molecule has 0 saturated heterocycles. The van der Waals surface area contributed by atoms with Gasteiger partial charge in [0.2, 0.25) is 5.91 Å². The molecule has 0 aliphatic heterocycles. The third kappa shape index (κ3) is 4.51. The Bertz CT molecular complexity index is 641. The molecule has 1 atom stereocenters. The molecule has 2 aromatic carbocycles. The van der Waals surface area contributed by atoms with Crippen LogP contribution < -0.4 is 10.1 Å². The van der Waals surface area contributed by atoms with E-state index in [1.807, 2.05) is 30.3 Å². The highest BCUT2D eigenvalue weighted by atomic mass is 19.4. The van der Waals surface area contributed by atoms with Crippen molar-refractivity contribution >= 4 is 11.6 Å². The van der Waals surface area contributed by atoms with Gasteiger partial charge >= 0.3 is 6.36 Å². The number of hydrogen-bond donors (Lipinski definition) is 1. The molecule has 0 spiro atoms. The number of carbonyl (C=O) groups is 1. The highest BCUT2D eigenvalue weighted by Crippen LogP contribution is 2.26. The first-order valence-electron chi connectivity index (χ1n) is 6.57. The third-order valence-electron chi connectivity index (χ3n) is 3.03. The zero-order chi connectivity index (χ0) is 16.2. The number of benzene rings is 2. The molecule has 1 amide bonds. The Morgan fingerprint density at radius 3 is 2.41 bits per heavy atom. The van der Waals surface area contributed by atoms with E-state index in [2.05, 4.69) is 10.1 Å². The van der Waals surface area contributed by atoms with E-state index in [9.17, 15) is 18.0 Å². The van der Waals surface area contributed by atoms with Crippen LogP contribution in [0.1, 0.15) is 18.4 Å². The van der Waals surface area contributed by atoms with Crippen LogP contribution in [0.5, 0.6) is 5.75 Å². The molecule has 0 bridgehead atoms. The van der Waals surface area contributed by atoms with Gasteiger partial charge in [0.15, 0.2) is 0 Å². The average molecular weight is 309 g/mol. The van der Waals surface area contributed by atoms with Crippen molar-refractivity contribution < 1.29 is 22.7 Å². The average Bonchev–Trinajstić information content (AvgIpc) is 2.46. The SMILES string of the molecule is CC(C(=O)Nc1cccc(OC(F)(F)F)c1)c1ccccc1. The number of halogens is 3. The second kappa shape index (κ2) is 6.51. The van der Waals surface area contributed by atoms with Crippen molar-refractivity contribution in [1.29, 1.82) is 0 Å². The lowest BCUT2D eigenvalue weighted by atomic mass is 10.0. The Kier molecular flexibility index (Phi) is 4.70. The predicted molar refractivity (Wildman–Crippen MR) is 76.6 cm³/mol. The molecule has 3 nitrogen and oxygen atoms in total. The van der Waals surface area contributed by atoms with Crippen molar-refractivity contribution in [2.75, 3.05) is 5.32 Å². The molecule has 22 heavy (non-hydrogen) atoms. The summed E-state index contributed by atoms with van der Waals surface area (Å²) >= 11 is 0. The van der Waals surface area contributed by atoms with Crippen LogP contribution in [-0.4, -0.2) is 12.3 Å². The van der Waals surface area contributed by atoms with E-state index in [-0.39, 0.29) is 17.3 Å². The zero-order valence-corrected chi connectivity index (χ0v) is 11.7. The molecule has 0 saturated carbocycles. The van der Waals surface area contributed by atoms with Crippen molar-refractivity contribution in [2.24, 2.45) is 0 Å². The van der Waals surface area contributed by atoms with Crippen LogP contribution in [0.3, 0.4) is 0 Å². The summed E-state index contributed by atoms with van der Waals surface area (Å²) in [6.07, 6.45) is -4.76. The van der Waals surface area contributed by atoms with Crippen LogP contribution in [0.4, 0.5) is 18.9 Å². The van der Waals surface area contributed by atoms with E-state index < -0.39 is 12.3 Å². The lowest BCUT2D eigenvalue weighted by Crippen LogP contribution is -2.19. The highest BCUT2D eigenvalue weighted by molar-refractivity contribution is 5.95. The Hall–Kier alpha value is -2.50. The Morgan fingerprint density at radius 1 is 1.09 bits per heavy atom. The molecule has 0 aromatic heterocycles. The van der Waals surface area contributed by atoms with Crippen molar-refractivity contribution in [3.05, 3.63) is 60.2 Å². The fourth-order valence-electron chi connectivity index (χ4n) is 1.91. The molecule has 1 unspecified atom stereocenters. The van der Waals surface area contributed by atoms with Gasteiger partial charge in [-0.05, 0) is 24.6 Å². The smallest absolute Gasteiger partial charge is 0.406 e. The normalized spacial score (nSPS) is 12.5. The summed E-state index contributed by atoms with van der Waals surface area (Å²) < 4.78 is 40.3. The lowest BCUT2D eigenvalue weighted by molar-refractivity contribution is -0.274. The number of carbonyl (C=O) groups excluding carboxylic acids is 1. The first kappa shape index (κ1) is 15.9. The number of ether oxygens (including phenoxy) is 1. The van der Waals surface area contributed by atoms with Gasteiger partial charge in [0.25, 0.3) is 0 Å². The summed E-state index contributed by atoms with van der Waals surface area (Å²) in [6, 6.07) is 14.3. The van der Waals surface area contributed by atoms with Crippen LogP contribution >= 0.6 is 0 Å². The van der Waals surface area contributed by atoms with Gasteiger partial charge in [-0.2, -0.15) is 0 Å². The first-order chi connectivity index (χ1) is 10.3. The summed E-state index contributed by atoms with van der Waals surface area (Å²) in [5.74, 6) is -1.11. The van der Waals surface area contributed by atoms with Gasteiger partial charge in [-0.15, -0.1) is 13.2 Å². The van der Waals surface area contributed by atoms with Crippen LogP contribution in [0, 0.1) is 0 Å². The third-order valence-corrected chi connectivity index (χ3v) is 3.03. The van der Waals surface area contributed by atoms with E-state index in [4.69, 9.17) is 0 Å². The maximum atomic E-state index is 12.2. The quantitative estimate of drug-likeness (QED) is 0.913. The van der Waals surface area contributed by atoms with E-state index in [1.165, 1.54) is 18.2 Å². The standard InChI is InChI=1S/C16H14F3NO2/c1-11(12-6-3-2-4-7-12)15(21)20-13-8-5-9-14(10-13)22-16(17,18)19/h2-11H,1H3,(H,20,21). The number of nitrogens with one attached hydrogen (secondary N) is 1. The van der Waals surface area contributed by atoms with Crippen molar-refractivity contribution in [3.63, 3.8) is 0 Å². The molecule has 0 fully saturated rings. The van der Waals surface area contributed by atoms with E-state index in [0.717, 1.165) is 11.6 Å². The van der Waals surface area contributed by atoms with Gasteiger partial charge in [-0.3, -0.25) is 4.79 Å². The molecule has 6 heteroatoms. The highest BCUT2D eigenvalue weighted by Gasteiger charge is 2.31. The van der Waals surface area contributed by atoms with Crippen LogP contribution in [0.15, 0.2) is 54.6 Å². The summed E-state index contributed by atoms with van der Waals surface area (Å²) in [7, 11) is 0. The first-order valence-corrected chi connectivity index (χ1v) is 6.57. The maximum absolute atomic E-state index is 12.2. The Balaban J connectivity index is 2.07. The van der Waals surface area contributed by atoms with Gasteiger partial charge < -0.3 is 10.1 Å². The summed E-state index contributed by atoms with van der Waals surface area (Å²) in [6.45, 7) is 1.72. The molecule has 0 heterocycles. The van der Waals surface area contributed by atoms with Crippen molar-refractivity contribution in [3.8, 4) is 5.75 Å². The minimum atomic E-state index is -4.76. The monoisotopic (exact) mass is 309 g/mol.